The first-order chi connectivity index (χ1) is 8.29. The van der Waals surface area contributed by atoms with Crippen LogP contribution in [0.1, 0.15) is 17.4 Å². The van der Waals surface area contributed by atoms with Gasteiger partial charge in [0.1, 0.15) is 0 Å². The first kappa shape index (κ1) is 12.6. The molecule has 1 heterocycles. The van der Waals surface area contributed by atoms with Crippen molar-refractivity contribution >= 4 is 27.7 Å². The highest BCUT2D eigenvalue weighted by molar-refractivity contribution is 9.09. The summed E-state index contributed by atoms with van der Waals surface area (Å²) < 4.78 is 5.34. The molecular formula is C12H13BrN2OS. The molecule has 0 aliphatic rings. The maximum Gasteiger partial charge on any atom is 0.276 e. The molecule has 2 rings (SSSR count). The minimum atomic E-state index is 0.452. The summed E-state index contributed by atoms with van der Waals surface area (Å²) >= 11 is 5.15. The van der Waals surface area contributed by atoms with Gasteiger partial charge in [0.25, 0.3) is 5.22 Å². The van der Waals surface area contributed by atoms with Gasteiger partial charge < -0.3 is 4.42 Å². The van der Waals surface area contributed by atoms with E-state index in [9.17, 15) is 0 Å². The summed E-state index contributed by atoms with van der Waals surface area (Å²) in [7, 11) is 0. The van der Waals surface area contributed by atoms with Crippen LogP contribution in [0.5, 0.6) is 0 Å². The number of hydrogen-bond acceptors (Lipinski definition) is 4. The lowest BCUT2D eigenvalue weighted by Crippen LogP contribution is -2.03. The van der Waals surface area contributed by atoms with Gasteiger partial charge in [0.2, 0.25) is 5.89 Å². The zero-order valence-corrected chi connectivity index (χ0v) is 11.9. The van der Waals surface area contributed by atoms with E-state index in [2.05, 4.69) is 50.4 Å². The number of halogens is 1. The summed E-state index contributed by atoms with van der Waals surface area (Å²) in [6.45, 7) is 1.80. The standard InChI is InChI=1S/C12H13BrN2OS/c1-9-14-15-12(16-9)17-8-11(7-13)10-5-3-2-4-6-10/h2-6,11H,7-8H2,1H3. The van der Waals surface area contributed by atoms with Crippen molar-refractivity contribution in [1.82, 2.24) is 10.2 Å². The van der Waals surface area contributed by atoms with E-state index in [1.165, 1.54) is 5.56 Å². The van der Waals surface area contributed by atoms with E-state index in [0.29, 0.717) is 17.0 Å². The van der Waals surface area contributed by atoms with Crippen LogP contribution in [-0.2, 0) is 0 Å². The second-order valence-corrected chi connectivity index (χ2v) is 5.28. The normalized spacial score (nSPS) is 12.6. The van der Waals surface area contributed by atoms with Crippen molar-refractivity contribution in [3.8, 4) is 0 Å². The van der Waals surface area contributed by atoms with Gasteiger partial charge >= 0.3 is 0 Å². The predicted octanol–water partition coefficient (Wildman–Crippen LogP) is 3.65. The molecule has 1 atom stereocenters. The van der Waals surface area contributed by atoms with Crippen LogP contribution in [0.15, 0.2) is 40.0 Å². The number of thioether (sulfide) groups is 1. The summed E-state index contributed by atoms with van der Waals surface area (Å²) in [5.41, 5.74) is 1.33. The Morgan fingerprint density at radius 3 is 2.65 bits per heavy atom. The molecule has 1 aromatic heterocycles. The lowest BCUT2D eigenvalue weighted by Gasteiger charge is -2.12. The number of hydrogen-bond donors (Lipinski definition) is 0. The summed E-state index contributed by atoms with van der Waals surface area (Å²) in [5.74, 6) is 1.99. The molecule has 0 amide bonds. The van der Waals surface area contributed by atoms with Crippen LogP contribution in [-0.4, -0.2) is 21.3 Å². The van der Waals surface area contributed by atoms with Gasteiger partial charge in [-0.1, -0.05) is 58.0 Å². The van der Waals surface area contributed by atoms with Gasteiger partial charge in [-0.15, -0.1) is 10.2 Å². The van der Waals surface area contributed by atoms with E-state index in [1.807, 2.05) is 6.07 Å². The SMILES string of the molecule is Cc1nnc(SCC(CBr)c2ccccc2)o1. The molecule has 2 aromatic rings. The van der Waals surface area contributed by atoms with Gasteiger partial charge in [0, 0.05) is 23.9 Å². The molecule has 0 saturated carbocycles. The molecule has 0 radical (unpaired) electrons. The maximum absolute atomic E-state index is 5.34. The van der Waals surface area contributed by atoms with E-state index >= 15 is 0 Å². The lowest BCUT2D eigenvalue weighted by atomic mass is 10.0. The quantitative estimate of drug-likeness (QED) is 0.624. The number of aromatic nitrogens is 2. The molecule has 0 aliphatic heterocycles. The summed E-state index contributed by atoms with van der Waals surface area (Å²) in [6, 6.07) is 10.4. The van der Waals surface area contributed by atoms with Gasteiger partial charge in [-0.25, -0.2) is 0 Å². The molecular weight excluding hydrogens is 300 g/mol. The zero-order valence-electron chi connectivity index (χ0n) is 9.47. The van der Waals surface area contributed by atoms with Gasteiger partial charge in [-0.2, -0.15) is 0 Å². The van der Waals surface area contributed by atoms with Crippen molar-refractivity contribution < 1.29 is 4.42 Å². The van der Waals surface area contributed by atoms with Gasteiger partial charge in [-0.3, -0.25) is 0 Å². The summed E-state index contributed by atoms with van der Waals surface area (Å²) in [4.78, 5) is 0. The summed E-state index contributed by atoms with van der Waals surface area (Å²) in [6.07, 6.45) is 0. The average molecular weight is 313 g/mol. The molecule has 0 spiro atoms. The van der Waals surface area contributed by atoms with Crippen molar-refractivity contribution in [3.05, 3.63) is 41.8 Å². The fourth-order valence-electron chi connectivity index (χ4n) is 1.46. The number of benzene rings is 1. The average Bonchev–Trinajstić information content (AvgIpc) is 2.77. The highest BCUT2D eigenvalue weighted by Gasteiger charge is 2.12. The van der Waals surface area contributed by atoms with E-state index < -0.39 is 0 Å². The van der Waals surface area contributed by atoms with Crippen molar-refractivity contribution in [2.75, 3.05) is 11.1 Å². The van der Waals surface area contributed by atoms with Crippen LogP contribution < -0.4 is 0 Å². The molecule has 0 bridgehead atoms. The van der Waals surface area contributed by atoms with Gasteiger partial charge in [-0.05, 0) is 5.56 Å². The van der Waals surface area contributed by atoms with Crippen molar-refractivity contribution in [1.29, 1.82) is 0 Å². The second kappa shape index (κ2) is 6.21. The minimum Gasteiger partial charge on any atom is -0.416 e. The fourth-order valence-corrected chi connectivity index (χ4v) is 3.30. The maximum atomic E-state index is 5.34. The first-order valence-corrected chi connectivity index (χ1v) is 7.44. The predicted molar refractivity (Wildman–Crippen MR) is 72.7 cm³/mol. The molecule has 1 aromatic carbocycles. The van der Waals surface area contributed by atoms with Crippen LogP contribution in [0.2, 0.25) is 0 Å². The highest BCUT2D eigenvalue weighted by Crippen LogP contribution is 2.26. The van der Waals surface area contributed by atoms with Crippen molar-refractivity contribution in [3.63, 3.8) is 0 Å². The van der Waals surface area contributed by atoms with E-state index in [4.69, 9.17) is 4.42 Å². The molecule has 0 saturated heterocycles. The Balaban J connectivity index is 1.97. The van der Waals surface area contributed by atoms with Crippen LogP contribution >= 0.6 is 27.7 Å². The third-order valence-electron chi connectivity index (χ3n) is 2.37. The number of rotatable bonds is 5. The van der Waals surface area contributed by atoms with Crippen molar-refractivity contribution in [2.24, 2.45) is 0 Å². The number of aryl methyl sites for hydroxylation is 1. The van der Waals surface area contributed by atoms with Crippen LogP contribution in [0.4, 0.5) is 0 Å². The Hall–Kier alpha value is -0.810. The van der Waals surface area contributed by atoms with Crippen LogP contribution in [0.25, 0.3) is 0 Å². The highest BCUT2D eigenvalue weighted by atomic mass is 79.9. The Kier molecular flexibility index (Phi) is 4.62. The molecule has 3 nitrogen and oxygen atoms in total. The molecule has 1 unspecified atom stereocenters. The van der Waals surface area contributed by atoms with E-state index in [-0.39, 0.29) is 0 Å². The fraction of sp³-hybridized carbons (Fsp3) is 0.333. The number of nitrogens with zero attached hydrogens (tertiary/aromatic N) is 2. The molecule has 17 heavy (non-hydrogen) atoms. The third kappa shape index (κ3) is 3.57. The molecule has 5 heteroatoms. The molecule has 90 valence electrons. The largest absolute Gasteiger partial charge is 0.416 e. The van der Waals surface area contributed by atoms with E-state index in [0.717, 1.165) is 11.1 Å². The van der Waals surface area contributed by atoms with Gasteiger partial charge in [0.05, 0.1) is 0 Å². The second-order valence-electron chi connectivity index (χ2n) is 3.66. The van der Waals surface area contributed by atoms with Crippen molar-refractivity contribution in [2.45, 2.75) is 18.1 Å². The van der Waals surface area contributed by atoms with Gasteiger partial charge in [0.15, 0.2) is 0 Å². The number of alkyl halides is 1. The Labute approximate surface area is 113 Å². The van der Waals surface area contributed by atoms with E-state index in [1.54, 1.807) is 18.7 Å². The Morgan fingerprint density at radius 2 is 2.06 bits per heavy atom. The first-order valence-electron chi connectivity index (χ1n) is 5.33. The minimum absolute atomic E-state index is 0.452. The zero-order chi connectivity index (χ0) is 12.1. The Bertz CT molecular complexity index is 461. The van der Waals surface area contributed by atoms with Crippen LogP contribution in [0, 0.1) is 6.92 Å². The third-order valence-corrected chi connectivity index (χ3v) is 4.14. The molecule has 0 aliphatic carbocycles. The summed E-state index contributed by atoms with van der Waals surface area (Å²) in [5, 5.41) is 9.36. The Morgan fingerprint density at radius 1 is 1.29 bits per heavy atom. The topological polar surface area (TPSA) is 38.9 Å². The monoisotopic (exact) mass is 312 g/mol. The lowest BCUT2D eigenvalue weighted by molar-refractivity contribution is 0.429. The molecule has 0 N–H and O–H groups in total. The van der Waals surface area contributed by atoms with Crippen LogP contribution in [0.3, 0.4) is 0 Å². The molecule has 0 fully saturated rings. The smallest absolute Gasteiger partial charge is 0.276 e.